The standard InChI is InChI=1S/C18H33N3O2/c1-3-11-21-12-9-16(10-13-21)20-17(22)19-14-18(2,23)15-7-5-4-6-8-15/h3,15-16,23H,1,4-14H2,2H3,(H2,19,20,22)/t18-/m1/s1. The first-order valence-electron chi connectivity index (χ1n) is 9.11. The topological polar surface area (TPSA) is 64.6 Å². The van der Waals surface area contributed by atoms with E-state index in [9.17, 15) is 9.90 Å². The summed E-state index contributed by atoms with van der Waals surface area (Å²) in [4.78, 5) is 14.4. The van der Waals surface area contributed by atoms with Crippen molar-refractivity contribution in [3.63, 3.8) is 0 Å². The van der Waals surface area contributed by atoms with E-state index < -0.39 is 5.60 Å². The zero-order valence-electron chi connectivity index (χ0n) is 14.5. The van der Waals surface area contributed by atoms with Crippen molar-refractivity contribution in [2.75, 3.05) is 26.2 Å². The molecule has 3 N–H and O–H groups in total. The van der Waals surface area contributed by atoms with E-state index in [-0.39, 0.29) is 12.1 Å². The highest BCUT2D eigenvalue weighted by atomic mass is 16.3. The smallest absolute Gasteiger partial charge is 0.315 e. The summed E-state index contributed by atoms with van der Waals surface area (Å²) in [5, 5.41) is 16.5. The van der Waals surface area contributed by atoms with E-state index in [1.165, 1.54) is 19.3 Å². The van der Waals surface area contributed by atoms with Gasteiger partial charge in [-0.15, -0.1) is 6.58 Å². The van der Waals surface area contributed by atoms with Gasteiger partial charge in [0.05, 0.1) is 5.60 Å². The Labute approximate surface area is 140 Å². The monoisotopic (exact) mass is 323 g/mol. The molecule has 0 aromatic heterocycles. The summed E-state index contributed by atoms with van der Waals surface area (Å²) in [6, 6.07) is 0.0824. The molecule has 2 amide bonds. The molecule has 1 atom stereocenters. The predicted octanol–water partition coefficient (Wildman–Crippen LogP) is 2.27. The maximum Gasteiger partial charge on any atom is 0.315 e. The molecule has 0 unspecified atom stereocenters. The highest BCUT2D eigenvalue weighted by molar-refractivity contribution is 5.74. The number of amides is 2. The highest BCUT2D eigenvalue weighted by Gasteiger charge is 2.33. The summed E-state index contributed by atoms with van der Waals surface area (Å²) in [7, 11) is 0. The maximum atomic E-state index is 12.1. The molecular formula is C18H33N3O2. The number of likely N-dealkylation sites (tertiary alicyclic amines) is 1. The molecule has 2 aliphatic rings. The van der Waals surface area contributed by atoms with Gasteiger partial charge in [-0.1, -0.05) is 25.3 Å². The Morgan fingerprint density at radius 2 is 1.91 bits per heavy atom. The summed E-state index contributed by atoms with van der Waals surface area (Å²) in [5.41, 5.74) is -0.801. The largest absolute Gasteiger partial charge is 0.388 e. The Bertz CT molecular complexity index is 384. The van der Waals surface area contributed by atoms with Crippen LogP contribution < -0.4 is 10.6 Å². The van der Waals surface area contributed by atoms with Gasteiger partial charge in [0.1, 0.15) is 0 Å². The Balaban J connectivity index is 1.67. The van der Waals surface area contributed by atoms with Gasteiger partial charge in [0, 0.05) is 32.2 Å². The van der Waals surface area contributed by atoms with Gasteiger partial charge in [-0.25, -0.2) is 4.79 Å². The first kappa shape index (κ1) is 18.3. The molecule has 5 nitrogen and oxygen atoms in total. The van der Waals surface area contributed by atoms with E-state index in [4.69, 9.17) is 0 Å². The Morgan fingerprint density at radius 3 is 2.52 bits per heavy atom. The number of carbonyl (C=O) groups is 1. The number of carbonyl (C=O) groups excluding carboxylic acids is 1. The molecule has 23 heavy (non-hydrogen) atoms. The fraction of sp³-hybridized carbons (Fsp3) is 0.833. The number of nitrogens with zero attached hydrogens (tertiary/aromatic N) is 1. The summed E-state index contributed by atoms with van der Waals surface area (Å²) in [6.07, 6.45) is 9.65. The second-order valence-corrected chi connectivity index (χ2v) is 7.38. The molecule has 1 aliphatic carbocycles. The molecule has 2 fully saturated rings. The lowest BCUT2D eigenvalue weighted by molar-refractivity contribution is -0.0131. The maximum absolute atomic E-state index is 12.1. The van der Waals surface area contributed by atoms with Crippen LogP contribution in [-0.2, 0) is 0 Å². The normalized spacial score (nSPS) is 23.9. The van der Waals surface area contributed by atoms with Crippen molar-refractivity contribution in [2.45, 2.75) is 63.5 Å². The van der Waals surface area contributed by atoms with E-state index in [2.05, 4.69) is 22.1 Å². The minimum atomic E-state index is -0.801. The van der Waals surface area contributed by atoms with Gasteiger partial charge >= 0.3 is 6.03 Å². The van der Waals surface area contributed by atoms with E-state index in [1.807, 2.05) is 13.0 Å². The highest BCUT2D eigenvalue weighted by Crippen LogP contribution is 2.32. The lowest BCUT2D eigenvalue weighted by atomic mass is 9.78. The first-order valence-corrected chi connectivity index (χ1v) is 9.11. The van der Waals surface area contributed by atoms with Gasteiger partial charge in [-0.3, -0.25) is 4.90 Å². The van der Waals surface area contributed by atoms with Crippen LogP contribution in [0.4, 0.5) is 4.79 Å². The number of hydrogen-bond donors (Lipinski definition) is 3. The SMILES string of the molecule is C=CCN1CCC(NC(=O)NC[C@@](C)(O)C2CCCCC2)CC1. The molecule has 0 aromatic rings. The van der Waals surface area contributed by atoms with Crippen LogP contribution in [0.3, 0.4) is 0 Å². The molecule has 0 spiro atoms. The number of nitrogens with one attached hydrogen (secondary N) is 2. The third-order valence-corrected chi connectivity index (χ3v) is 5.40. The quantitative estimate of drug-likeness (QED) is 0.657. The fourth-order valence-electron chi connectivity index (χ4n) is 3.81. The van der Waals surface area contributed by atoms with Crippen molar-refractivity contribution >= 4 is 6.03 Å². The summed E-state index contributed by atoms with van der Waals surface area (Å²) < 4.78 is 0. The van der Waals surface area contributed by atoms with Gasteiger partial charge < -0.3 is 15.7 Å². The van der Waals surface area contributed by atoms with Crippen LogP contribution in [-0.4, -0.2) is 53.9 Å². The van der Waals surface area contributed by atoms with E-state index in [0.29, 0.717) is 12.5 Å². The van der Waals surface area contributed by atoms with Crippen LogP contribution in [0.25, 0.3) is 0 Å². The first-order chi connectivity index (χ1) is 11.0. The summed E-state index contributed by atoms with van der Waals surface area (Å²) in [5.74, 6) is 0.304. The molecule has 0 bridgehead atoms. The molecule has 0 radical (unpaired) electrons. The van der Waals surface area contributed by atoms with Crippen molar-refractivity contribution in [3.05, 3.63) is 12.7 Å². The number of hydrogen-bond acceptors (Lipinski definition) is 3. The molecule has 1 heterocycles. The zero-order valence-corrected chi connectivity index (χ0v) is 14.5. The van der Waals surface area contributed by atoms with Gasteiger partial charge in [0.2, 0.25) is 0 Å². The number of urea groups is 1. The third-order valence-electron chi connectivity index (χ3n) is 5.40. The van der Waals surface area contributed by atoms with Crippen molar-refractivity contribution in [3.8, 4) is 0 Å². The second kappa shape index (κ2) is 8.69. The van der Waals surface area contributed by atoms with E-state index in [0.717, 1.165) is 45.3 Å². The van der Waals surface area contributed by atoms with E-state index >= 15 is 0 Å². The van der Waals surface area contributed by atoms with Crippen LogP contribution in [0, 0.1) is 5.92 Å². The zero-order chi connectivity index (χ0) is 16.7. The predicted molar refractivity (Wildman–Crippen MR) is 93.4 cm³/mol. The number of rotatable bonds is 6. The minimum absolute atomic E-state index is 0.150. The Morgan fingerprint density at radius 1 is 1.26 bits per heavy atom. The van der Waals surface area contributed by atoms with Crippen molar-refractivity contribution in [2.24, 2.45) is 5.92 Å². The van der Waals surface area contributed by atoms with Crippen LogP contribution in [0.15, 0.2) is 12.7 Å². The molecule has 1 saturated heterocycles. The molecule has 2 rings (SSSR count). The van der Waals surface area contributed by atoms with Crippen LogP contribution in [0.1, 0.15) is 51.9 Å². The van der Waals surface area contributed by atoms with Gasteiger partial charge in [-0.2, -0.15) is 0 Å². The fourth-order valence-corrected chi connectivity index (χ4v) is 3.81. The van der Waals surface area contributed by atoms with Gasteiger partial charge in [0.15, 0.2) is 0 Å². The van der Waals surface area contributed by atoms with Crippen molar-refractivity contribution in [1.82, 2.24) is 15.5 Å². The molecule has 132 valence electrons. The van der Waals surface area contributed by atoms with Gasteiger partial charge in [-0.05, 0) is 38.5 Å². The lowest BCUT2D eigenvalue weighted by Crippen LogP contribution is -2.52. The molecule has 1 aliphatic heterocycles. The third kappa shape index (κ3) is 5.81. The molecular weight excluding hydrogens is 290 g/mol. The Kier molecular flexibility index (Phi) is 6.90. The Hall–Kier alpha value is -1.07. The minimum Gasteiger partial charge on any atom is -0.388 e. The van der Waals surface area contributed by atoms with Crippen LogP contribution >= 0.6 is 0 Å². The second-order valence-electron chi connectivity index (χ2n) is 7.38. The van der Waals surface area contributed by atoms with Crippen LogP contribution in [0.5, 0.6) is 0 Å². The lowest BCUT2D eigenvalue weighted by Gasteiger charge is -2.36. The van der Waals surface area contributed by atoms with Gasteiger partial charge in [0.25, 0.3) is 0 Å². The summed E-state index contributed by atoms with van der Waals surface area (Å²) in [6.45, 7) is 8.87. The number of piperidine rings is 1. The van der Waals surface area contributed by atoms with Crippen molar-refractivity contribution < 1.29 is 9.90 Å². The molecule has 1 saturated carbocycles. The summed E-state index contributed by atoms with van der Waals surface area (Å²) >= 11 is 0. The average molecular weight is 323 g/mol. The molecule has 0 aromatic carbocycles. The van der Waals surface area contributed by atoms with Crippen molar-refractivity contribution in [1.29, 1.82) is 0 Å². The van der Waals surface area contributed by atoms with E-state index in [1.54, 1.807) is 0 Å². The number of aliphatic hydroxyl groups is 1. The van der Waals surface area contributed by atoms with Crippen LogP contribution in [0.2, 0.25) is 0 Å². The molecule has 5 heteroatoms. The average Bonchev–Trinajstić information content (AvgIpc) is 2.56.